The molecule has 0 aromatic rings. The quantitative estimate of drug-likeness (QED) is 0.711. The SMILES string of the molecule is CCCCCCC(=O)N(C)C1CCC(CO)CC1. The average Bonchev–Trinajstić information content (AvgIpc) is 2.42. The van der Waals surface area contributed by atoms with E-state index in [9.17, 15) is 4.79 Å². The maximum Gasteiger partial charge on any atom is 0.222 e. The number of carbonyl (C=O) groups excluding carboxylic acids is 1. The van der Waals surface area contributed by atoms with Gasteiger partial charge < -0.3 is 10.0 Å². The Bertz CT molecular complexity index is 235. The predicted molar refractivity (Wildman–Crippen MR) is 74.4 cm³/mol. The largest absolute Gasteiger partial charge is 0.396 e. The Morgan fingerprint density at radius 1 is 1.17 bits per heavy atom. The van der Waals surface area contributed by atoms with Crippen LogP contribution in [0.1, 0.15) is 64.7 Å². The summed E-state index contributed by atoms with van der Waals surface area (Å²) < 4.78 is 0. The first-order chi connectivity index (χ1) is 8.69. The Morgan fingerprint density at radius 3 is 2.39 bits per heavy atom. The van der Waals surface area contributed by atoms with Gasteiger partial charge in [-0.05, 0) is 38.0 Å². The highest BCUT2D eigenvalue weighted by molar-refractivity contribution is 5.76. The molecule has 1 amide bonds. The fraction of sp³-hybridized carbons (Fsp3) is 0.933. The number of nitrogens with zero attached hydrogens (tertiary/aromatic N) is 1. The molecule has 0 unspecified atom stereocenters. The zero-order valence-electron chi connectivity index (χ0n) is 12.0. The topological polar surface area (TPSA) is 40.5 Å². The maximum atomic E-state index is 12.0. The third-order valence-electron chi connectivity index (χ3n) is 4.26. The molecule has 3 nitrogen and oxygen atoms in total. The highest BCUT2D eigenvalue weighted by Gasteiger charge is 2.25. The third-order valence-corrected chi connectivity index (χ3v) is 4.26. The van der Waals surface area contributed by atoms with Gasteiger partial charge in [-0.2, -0.15) is 0 Å². The van der Waals surface area contributed by atoms with E-state index < -0.39 is 0 Å². The molecule has 106 valence electrons. The Balaban J connectivity index is 2.22. The van der Waals surface area contributed by atoms with Gasteiger partial charge in [0, 0.05) is 26.1 Å². The van der Waals surface area contributed by atoms with Crippen LogP contribution in [-0.2, 0) is 4.79 Å². The standard InChI is InChI=1S/C15H29NO2/c1-3-4-5-6-7-15(18)16(2)14-10-8-13(12-17)9-11-14/h13-14,17H,3-12H2,1-2H3. The second-order valence-corrected chi connectivity index (χ2v) is 5.67. The van der Waals surface area contributed by atoms with E-state index in [4.69, 9.17) is 5.11 Å². The summed E-state index contributed by atoms with van der Waals surface area (Å²) in [7, 11) is 1.95. The van der Waals surface area contributed by atoms with Gasteiger partial charge >= 0.3 is 0 Å². The molecule has 0 heterocycles. The Kier molecular flexibility index (Phi) is 7.33. The molecule has 1 aliphatic rings. The van der Waals surface area contributed by atoms with E-state index in [0.29, 0.717) is 30.9 Å². The molecular formula is C15H29NO2. The molecule has 1 N–H and O–H groups in total. The van der Waals surface area contributed by atoms with Crippen molar-refractivity contribution in [3.8, 4) is 0 Å². The van der Waals surface area contributed by atoms with E-state index in [2.05, 4.69) is 6.92 Å². The summed E-state index contributed by atoms with van der Waals surface area (Å²) >= 11 is 0. The fourth-order valence-corrected chi connectivity index (χ4v) is 2.80. The monoisotopic (exact) mass is 255 g/mol. The van der Waals surface area contributed by atoms with E-state index >= 15 is 0 Å². The minimum Gasteiger partial charge on any atom is -0.396 e. The Hall–Kier alpha value is -0.570. The van der Waals surface area contributed by atoms with Gasteiger partial charge in [-0.15, -0.1) is 0 Å². The number of aliphatic hydroxyl groups is 1. The maximum absolute atomic E-state index is 12.0. The van der Waals surface area contributed by atoms with E-state index in [0.717, 1.165) is 32.1 Å². The number of rotatable bonds is 7. The van der Waals surface area contributed by atoms with Crippen molar-refractivity contribution >= 4 is 5.91 Å². The number of carbonyl (C=O) groups is 1. The molecule has 1 aliphatic carbocycles. The molecule has 0 aliphatic heterocycles. The molecule has 18 heavy (non-hydrogen) atoms. The molecule has 0 spiro atoms. The number of amides is 1. The van der Waals surface area contributed by atoms with Crippen LogP contribution in [0.2, 0.25) is 0 Å². The predicted octanol–water partition coefficient (Wildman–Crippen LogP) is 2.97. The van der Waals surface area contributed by atoms with Crippen LogP contribution in [0.25, 0.3) is 0 Å². The molecule has 3 heteroatoms. The lowest BCUT2D eigenvalue weighted by Gasteiger charge is -2.34. The van der Waals surface area contributed by atoms with Crippen molar-refractivity contribution in [2.45, 2.75) is 70.8 Å². The third kappa shape index (κ3) is 4.97. The molecule has 0 aromatic carbocycles. The van der Waals surface area contributed by atoms with Gasteiger partial charge in [-0.3, -0.25) is 4.79 Å². The van der Waals surface area contributed by atoms with Crippen LogP contribution in [0.4, 0.5) is 0 Å². The average molecular weight is 255 g/mol. The van der Waals surface area contributed by atoms with E-state index in [1.54, 1.807) is 0 Å². The van der Waals surface area contributed by atoms with Crippen molar-refractivity contribution < 1.29 is 9.90 Å². The van der Waals surface area contributed by atoms with Crippen LogP contribution in [0.5, 0.6) is 0 Å². The number of unbranched alkanes of at least 4 members (excludes halogenated alkanes) is 3. The van der Waals surface area contributed by atoms with Gasteiger partial charge in [0.05, 0.1) is 0 Å². The second kappa shape index (κ2) is 8.52. The molecule has 0 bridgehead atoms. The van der Waals surface area contributed by atoms with E-state index in [1.807, 2.05) is 11.9 Å². The Morgan fingerprint density at radius 2 is 1.83 bits per heavy atom. The highest BCUT2D eigenvalue weighted by atomic mass is 16.3. The fourth-order valence-electron chi connectivity index (χ4n) is 2.80. The van der Waals surface area contributed by atoms with Crippen LogP contribution >= 0.6 is 0 Å². The summed E-state index contributed by atoms with van der Waals surface area (Å²) in [6, 6.07) is 0.409. The summed E-state index contributed by atoms with van der Waals surface area (Å²) in [5, 5.41) is 9.11. The molecule has 1 rings (SSSR count). The zero-order chi connectivity index (χ0) is 13.4. The van der Waals surface area contributed by atoms with Gasteiger partial charge in [0.25, 0.3) is 0 Å². The van der Waals surface area contributed by atoms with Crippen LogP contribution in [-0.4, -0.2) is 35.6 Å². The lowest BCUT2D eigenvalue weighted by Crippen LogP contribution is -2.39. The molecule has 0 atom stereocenters. The second-order valence-electron chi connectivity index (χ2n) is 5.67. The number of aliphatic hydroxyl groups excluding tert-OH is 1. The van der Waals surface area contributed by atoms with Crippen molar-refractivity contribution in [1.29, 1.82) is 0 Å². The Labute approximate surface area is 112 Å². The number of hydrogen-bond acceptors (Lipinski definition) is 2. The molecule has 0 radical (unpaired) electrons. The van der Waals surface area contributed by atoms with Gasteiger partial charge in [0.1, 0.15) is 0 Å². The summed E-state index contributed by atoms with van der Waals surface area (Å²) in [6.45, 7) is 2.49. The normalized spacial score (nSPS) is 23.9. The van der Waals surface area contributed by atoms with Crippen molar-refractivity contribution in [1.82, 2.24) is 4.90 Å². The van der Waals surface area contributed by atoms with Gasteiger partial charge in [-0.25, -0.2) is 0 Å². The van der Waals surface area contributed by atoms with Crippen LogP contribution in [0, 0.1) is 5.92 Å². The van der Waals surface area contributed by atoms with Crippen molar-refractivity contribution in [2.75, 3.05) is 13.7 Å². The minimum atomic E-state index is 0.304. The van der Waals surface area contributed by atoms with Crippen molar-refractivity contribution in [2.24, 2.45) is 5.92 Å². The summed E-state index contributed by atoms with van der Waals surface area (Å²) in [5.74, 6) is 0.771. The first kappa shape index (κ1) is 15.5. The highest BCUT2D eigenvalue weighted by Crippen LogP contribution is 2.27. The first-order valence-electron chi connectivity index (χ1n) is 7.55. The molecular weight excluding hydrogens is 226 g/mol. The van der Waals surface area contributed by atoms with Crippen molar-refractivity contribution in [3.63, 3.8) is 0 Å². The van der Waals surface area contributed by atoms with E-state index in [-0.39, 0.29) is 0 Å². The van der Waals surface area contributed by atoms with Gasteiger partial charge in [-0.1, -0.05) is 26.2 Å². The zero-order valence-corrected chi connectivity index (χ0v) is 12.0. The molecule has 1 saturated carbocycles. The first-order valence-corrected chi connectivity index (χ1v) is 7.55. The summed E-state index contributed by atoms with van der Waals surface area (Å²) in [5.41, 5.74) is 0. The van der Waals surface area contributed by atoms with Gasteiger partial charge in [0.2, 0.25) is 5.91 Å². The van der Waals surface area contributed by atoms with Crippen LogP contribution in [0.15, 0.2) is 0 Å². The summed E-state index contributed by atoms with van der Waals surface area (Å²) in [4.78, 5) is 14.0. The molecule has 0 aromatic heterocycles. The van der Waals surface area contributed by atoms with Crippen LogP contribution < -0.4 is 0 Å². The van der Waals surface area contributed by atoms with Gasteiger partial charge in [0.15, 0.2) is 0 Å². The molecule has 0 saturated heterocycles. The van der Waals surface area contributed by atoms with Crippen molar-refractivity contribution in [3.05, 3.63) is 0 Å². The van der Waals surface area contributed by atoms with E-state index in [1.165, 1.54) is 19.3 Å². The number of hydrogen-bond donors (Lipinski definition) is 1. The smallest absolute Gasteiger partial charge is 0.222 e. The lowest BCUT2D eigenvalue weighted by molar-refractivity contribution is -0.132. The minimum absolute atomic E-state index is 0.304. The summed E-state index contributed by atoms with van der Waals surface area (Å²) in [6.07, 6.45) is 9.61. The lowest BCUT2D eigenvalue weighted by atomic mass is 9.86. The van der Waals surface area contributed by atoms with Crippen LogP contribution in [0.3, 0.4) is 0 Å². The molecule has 1 fully saturated rings.